The molecule has 7 heteroatoms. The monoisotopic (exact) mass is 352 g/mol. The molecule has 1 unspecified atom stereocenters. The Morgan fingerprint density at radius 1 is 1.35 bits per heavy atom. The Kier molecular flexibility index (Phi) is 4.92. The summed E-state index contributed by atoms with van der Waals surface area (Å²) in [6.07, 6.45) is 1.71. The van der Waals surface area contributed by atoms with Crippen molar-refractivity contribution in [1.82, 2.24) is 9.80 Å². The number of halogens is 1. The molecular weight excluding hydrogens is 336 g/mol. The zero-order chi connectivity index (χ0) is 16.4. The number of hydrogen-bond donors (Lipinski definition) is 0. The van der Waals surface area contributed by atoms with Crippen LogP contribution in [0, 0.1) is 0 Å². The van der Waals surface area contributed by atoms with Crippen molar-refractivity contribution in [2.24, 2.45) is 0 Å². The van der Waals surface area contributed by atoms with Gasteiger partial charge in [0.1, 0.15) is 0 Å². The lowest BCUT2D eigenvalue weighted by molar-refractivity contribution is -0.131. The summed E-state index contributed by atoms with van der Waals surface area (Å²) >= 11 is 6.98. The average molecular weight is 353 g/mol. The summed E-state index contributed by atoms with van der Waals surface area (Å²) < 4.78 is 0. The summed E-state index contributed by atoms with van der Waals surface area (Å²) in [6.45, 7) is 1.05. The Hall–Kier alpha value is -1.53. The number of carbonyl (C=O) groups is 3. The largest absolute Gasteiger partial charge is 0.341 e. The Labute approximate surface area is 143 Å². The molecule has 5 nitrogen and oxygen atoms in total. The van der Waals surface area contributed by atoms with Crippen molar-refractivity contribution in [3.05, 3.63) is 34.9 Å². The van der Waals surface area contributed by atoms with Gasteiger partial charge in [-0.2, -0.15) is 0 Å². The van der Waals surface area contributed by atoms with Crippen LogP contribution in [0.3, 0.4) is 0 Å². The predicted octanol–water partition coefficient (Wildman–Crippen LogP) is 2.57. The minimum absolute atomic E-state index is 0.0548. The fourth-order valence-electron chi connectivity index (χ4n) is 3.00. The van der Waals surface area contributed by atoms with Gasteiger partial charge in [-0.3, -0.25) is 19.3 Å². The third-order valence-electron chi connectivity index (χ3n) is 4.18. The van der Waals surface area contributed by atoms with E-state index >= 15 is 0 Å². The Bertz CT molecular complexity index is 636. The molecule has 1 atom stereocenters. The maximum absolute atomic E-state index is 12.3. The van der Waals surface area contributed by atoms with Crippen molar-refractivity contribution in [1.29, 1.82) is 0 Å². The van der Waals surface area contributed by atoms with Crippen molar-refractivity contribution in [3.8, 4) is 0 Å². The van der Waals surface area contributed by atoms with E-state index in [4.69, 9.17) is 11.6 Å². The van der Waals surface area contributed by atoms with Crippen LogP contribution in [0.4, 0.5) is 4.79 Å². The first-order chi connectivity index (χ1) is 11.0. The molecule has 0 aromatic heterocycles. The zero-order valence-corrected chi connectivity index (χ0v) is 14.1. The van der Waals surface area contributed by atoms with Crippen LogP contribution in [-0.4, -0.2) is 51.7 Å². The smallest absolute Gasteiger partial charge is 0.289 e. The Balaban J connectivity index is 1.53. The SMILES string of the molecule is O=C(CCc1cccc(Cl)c1)N1CCC(N2C(=O)CSC2=O)C1. The number of amides is 3. The summed E-state index contributed by atoms with van der Waals surface area (Å²) in [7, 11) is 0. The highest BCUT2D eigenvalue weighted by Crippen LogP contribution is 2.26. The fourth-order valence-corrected chi connectivity index (χ4v) is 3.99. The van der Waals surface area contributed by atoms with Crippen LogP contribution in [-0.2, 0) is 16.0 Å². The first kappa shape index (κ1) is 16.3. The van der Waals surface area contributed by atoms with E-state index in [0.717, 1.165) is 17.3 Å². The van der Waals surface area contributed by atoms with Crippen LogP contribution in [0.25, 0.3) is 0 Å². The van der Waals surface area contributed by atoms with Crippen LogP contribution in [0.15, 0.2) is 24.3 Å². The Morgan fingerprint density at radius 2 is 2.17 bits per heavy atom. The summed E-state index contributed by atoms with van der Waals surface area (Å²) in [5.74, 6) is 0.135. The first-order valence-corrected chi connectivity index (χ1v) is 8.92. The molecule has 0 N–H and O–H groups in total. The minimum Gasteiger partial charge on any atom is -0.341 e. The average Bonchev–Trinajstić information content (AvgIpc) is 3.12. The highest BCUT2D eigenvalue weighted by atomic mass is 35.5. The summed E-state index contributed by atoms with van der Waals surface area (Å²) in [6, 6.07) is 7.32. The molecule has 2 heterocycles. The first-order valence-electron chi connectivity index (χ1n) is 7.55. The van der Waals surface area contributed by atoms with E-state index in [-0.39, 0.29) is 28.8 Å². The molecule has 0 aliphatic carbocycles. The molecule has 2 fully saturated rings. The standard InChI is InChI=1S/C16H17ClN2O3S/c17-12-3-1-2-11(8-12)4-5-14(20)18-7-6-13(9-18)19-15(21)10-23-16(19)22/h1-3,8,13H,4-7,9-10H2. The normalized spacial score (nSPS) is 21.3. The van der Waals surface area contributed by atoms with Crippen molar-refractivity contribution in [2.45, 2.75) is 25.3 Å². The van der Waals surface area contributed by atoms with Gasteiger partial charge in [0.25, 0.3) is 5.24 Å². The van der Waals surface area contributed by atoms with Crippen LogP contribution < -0.4 is 0 Å². The number of aryl methyl sites for hydroxylation is 1. The number of benzene rings is 1. The maximum Gasteiger partial charge on any atom is 0.289 e. The molecule has 23 heavy (non-hydrogen) atoms. The van der Waals surface area contributed by atoms with E-state index in [0.29, 0.717) is 37.4 Å². The molecule has 2 aliphatic rings. The lowest BCUT2D eigenvalue weighted by Crippen LogP contribution is -2.41. The number of hydrogen-bond acceptors (Lipinski definition) is 4. The van der Waals surface area contributed by atoms with E-state index in [2.05, 4.69) is 0 Å². The van der Waals surface area contributed by atoms with E-state index in [9.17, 15) is 14.4 Å². The molecule has 0 spiro atoms. The van der Waals surface area contributed by atoms with Gasteiger partial charge in [-0.1, -0.05) is 35.5 Å². The molecule has 2 saturated heterocycles. The third-order valence-corrected chi connectivity index (χ3v) is 5.25. The summed E-state index contributed by atoms with van der Waals surface area (Å²) in [4.78, 5) is 38.9. The lowest BCUT2D eigenvalue weighted by Gasteiger charge is -2.22. The quantitative estimate of drug-likeness (QED) is 0.835. The molecule has 3 rings (SSSR count). The third kappa shape index (κ3) is 3.70. The van der Waals surface area contributed by atoms with E-state index in [1.165, 1.54) is 4.90 Å². The maximum atomic E-state index is 12.3. The van der Waals surface area contributed by atoms with Gasteiger partial charge < -0.3 is 4.90 Å². The van der Waals surface area contributed by atoms with Crippen LogP contribution in [0.5, 0.6) is 0 Å². The number of nitrogens with zero attached hydrogens (tertiary/aromatic N) is 2. The van der Waals surface area contributed by atoms with Gasteiger partial charge in [0.2, 0.25) is 11.8 Å². The minimum atomic E-state index is -0.187. The molecule has 1 aromatic carbocycles. The Morgan fingerprint density at radius 3 is 2.87 bits per heavy atom. The second-order valence-corrected chi connectivity index (χ2v) is 7.09. The van der Waals surface area contributed by atoms with E-state index in [1.54, 1.807) is 11.0 Å². The highest BCUT2D eigenvalue weighted by Gasteiger charge is 2.39. The van der Waals surface area contributed by atoms with Gasteiger partial charge in [0.05, 0.1) is 11.8 Å². The molecule has 0 radical (unpaired) electrons. The van der Waals surface area contributed by atoms with Gasteiger partial charge in [-0.25, -0.2) is 0 Å². The number of imide groups is 1. The summed E-state index contributed by atoms with van der Waals surface area (Å²) in [5, 5.41) is 0.480. The van der Waals surface area contributed by atoms with Crippen LogP contribution >= 0.6 is 23.4 Å². The van der Waals surface area contributed by atoms with Crippen LogP contribution in [0.2, 0.25) is 5.02 Å². The van der Waals surface area contributed by atoms with Gasteiger partial charge >= 0.3 is 0 Å². The fraction of sp³-hybridized carbons (Fsp3) is 0.438. The van der Waals surface area contributed by atoms with Gasteiger partial charge in [-0.05, 0) is 30.5 Å². The van der Waals surface area contributed by atoms with Crippen molar-refractivity contribution >= 4 is 40.4 Å². The number of rotatable bonds is 4. The second-order valence-electron chi connectivity index (χ2n) is 5.73. The molecule has 122 valence electrons. The molecule has 0 bridgehead atoms. The van der Waals surface area contributed by atoms with Crippen LogP contribution in [0.1, 0.15) is 18.4 Å². The molecule has 0 saturated carbocycles. The highest BCUT2D eigenvalue weighted by molar-refractivity contribution is 8.14. The number of thioether (sulfide) groups is 1. The zero-order valence-electron chi connectivity index (χ0n) is 12.5. The molecule has 1 aromatic rings. The molecule has 3 amide bonds. The van der Waals surface area contributed by atoms with Gasteiger partial charge in [0, 0.05) is 24.5 Å². The number of likely N-dealkylation sites (tertiary alicyclic amines) is 1. The molecule has 2 aliphatic heterocycles. The van der Waals surface area contributed by atoms with E-state index < -0.39 is 0 Å². The number of carbonyl (C=O) groups excluding carboxylic acids is 3. The van der Waals surface area contributed by atoms with Crippen molar-refractivity contribution < 1.29 is 14.4 Å². The van der Waals surface area contributed by atoms with E-state index in [1.807, 2.05) is 18.2 Å². The van der Waals surface area contributed by atoms with Gasteiger partial charge in [0.15, 0.2) is 0 Å². The van der Waals surface area contributed by atoms with Gasteiger partial charge in [-0.15, -0.1) is 0 Å². The van der Waals surface area contributed by atoms with Crippen molar-refractivity contribution in [2.75, 3.05) is 18.8 Å². The van der Waals surface area contributed by atoms with Crippen molar-refractivity contribution in [3.63, 3.8) is 0 Å². The second kappa shape index (κ2) is 6.93. The predicted molar refractivity (Wildman–Crippen MR) is 89.5 cm³/mol. The summed E-state index contributed by atoms with van der Waals surface area (Å²) in [5.41, 5.74) is 1.03. The topological polar surface area (TPSA) is 57.7 Å². The lowest BCUT2D eigenvalue weighted by atomic mass is 10.1. The molecular formula is C16H17ClN2O3S.